The third-order valence-electron chi connectivity index (χ3n) is 7.46. The molecule has 2 aromatic carbocycles. The zero-order chi connectivity index (χ0) is 28.0. The summed E-state index contributed by atoms with van der Waals surface area (Å²) in [5, 5.41) is 17.6. The molecule has 1 aliphatic carbocycles. The topological polar surface area (TPSA) is 117 Å². The Hall–Kier alpha value is -3.55. The van der Waals surface area contributed by atoms with Crippen LogP contribution >= 0.6 is 0 Å². The van der Waals surface area contributed by atoms with Crippen LogP contribution in [0.5, 0.6) is 5.75 Å². The van der Waals surface area contributed by atoms with Crippen LogP contribution in [-0.2, 0) is 4.79 Å². The number of hydrogen-bond acceptors (Lipinski definition) is 4. The molecular formula is C31H43N3O5. The van der Waals surface area contributed by atoms with E-state index in [-0.39, 0.29) is 37.0 Å². The summed E-state index contributed by atoms with van der Waals surface area (Å²) in [6.07, 6.45) is 6.90. The van der Waals surface area contributed by atoms with Crippen LogP contribution in [0.2, 0.25) is 0 Å². The van der Waals surface area contributed by atoms with Crippen molar-refractivity contribution in [1.82, 2.24) is 16.0 Å². The van der Waals surface area contributed by atoms with Gasteiger partial charge in [0.15, 0.2) is 0 Å². The highest BCUT2D eigenvalue weighted by molar-refractivity contribution is 5.94. The third kappa shape index (κ3) is 10.3. The van der Waals surface area contributed by atoms with Crippen molar-refractivity contribution in [2.45, 2.75) is 77.4 Å². The second kappa shape index (κ2) is 15.8. The number of hydrogen-bond donors (Lipinski definition) is 4. The molecule has 4 N–H and O–H groups in total. The predicted octanol–water partition coefficient (Wildman–Crippen LogP) is 5.70. The molecule has 8 nitrogen and oxygen atoms in total. The number of carboxylic acids is 1. The molecule has 0 heterocycles. The fraction of sp³-hybridized carbons (Fsp3) is 0.516. The summed E-state index contributed by atoms with van der Waals surface area (Å²) in [5.74, 6) is 0.620. The molecule has 3 amide bonds. The molecular weight excluding hydrogens is 494 g/mol. The van der Waals surface area contributed by atoms with Crippen LogP contribution in [0.4, 0.5) is 4.79 Å². The Kier molecular flexibility index (Phi) is 12.1. The summed E-state index contributed by atoms with van der Waals surface area (Å²) in [6, 6.07) is 16.7. The SMILES string of the molecule is CCC(CCCNC(=O)NC(c1ccc(C(=O)NCCC(=O)O)cc1)C1CCC(C)CC1)Oc1ccccc1. The molecule has 39 heavy (non-hydrogen) atoms. The first kappa shape index (κ1) is 30.0. The molecule has 2 aromatic rings. The number of rotatable bonds is 14. The fourth-order valence-corrected chi connectivity index (χ4v) is 5.08. The largest absolute Gasteiger partial charge is 0.490 e. The molecule has 2 atom stereocenters. The fourth-order valence-electron chi connectivity index (χ4n) is 5.08. The number of carbonyl (C=O) groups is 3. The van der Waals surface area contributed by atoms with E-state index in [4.69, 9.17) is 9.84 Å². The maximum absolute atomic E-state index is 12.9. The van der Waals surface area contributed by atoms with Crippen LogP contribution in [0.25, 0.3) is 0 Å². The number of benzene rings is 2. The van der Waals surface area contributed by atoms with Crippen molar-refractivity contribution in [1.29, 1.82) is 0 Å². The zero-order valence-corrected chi connectivity index (χ0v) is 23.2. The van der Waals surface area contributed by atoms with Crippen molar-refractivity contribution in [3.05, 3.63) is 65.7 Å². The molecule has 3 rings (SSSR count). The highest BCUT2D eigenvalue weighted by atomic mass is 16.5. The van der Waals surface area contributed by atoms with Gasteiger partial charge in [-0.15, -0.1) is 0 Å². The number of para-hydroxylation sites is 1. The molecule has 0 aliphatic heterocycles. The number of carboxylic acid groups (broad SMARTS) is 1. The van der Waals surface area contributed by atoms with E-state index in [2.05, 4.69) is 29.8 Å². The van der Waals surface area contributed by atoms with Crippen molar-refractivity contribution < 1.29 is 24.2 Å². The summed E-state index contributed by atoms with van der Waals surface area (Å²) < 4.78 is 6.06. The standard InChI is InChI=1S/C31H43N3O5/c1-3-26(39-27-8-5-4-6-9-27)10-7-20-33-31(38)34-29(23-13-11-22(2)12-14-23)24-15-17-25(18-16-24)30(37)32-21-19-28(35)36/h4-6,8-9,15-18,22-23,26,29H,3,7,10-14,19-21H2,1-2H3,(H,32,37)(H,35,36)(H2,33,34,38). The molecule has 8 heteroatoms. The van der Waals surface area contributed by atoms with Gasteiger partial charge in [0, 0.05) is 18.7 Å². The highest BCUT2D eigenvalue weighted by Crippen LogP contribution is 2.37. The highest BCUT2D eigenvalue weighted by Gasteiger charge is 2.28. The van der Waals surface area contributed by atoms with Gasteiger partial charge in [-0.25, -0.2) is 4.79 Å². The average Bonchev–Trinajstić information content (AvgIpc) is 2.94. The minimum absolute atomic E-state index is 0.0813. The van der Waals surface area contributed by atoms with Gasteiger partial charge < -0.3 is 25.8 Å². The number of urea groups is 1. The number of ether oxygens (including phenoxy) is 1. The van der Waals surface area contributed by atoms with E-state index in [1.807, 2.05) is 42.5 Å². The Balaban J connectivity index is 1.54. The molecule has 0 radical (unpaired) electrons. The maximum atomic E-state index is 12.9. The first-order valence-electron chi connectivity index (χ1n) is 14.2. The predicted molar refractivity (Wildman–Crippen MR) is 152 cm³/mol. The summed E-state index contributed by atoms with van der Waals surface area (Å²) in [6.45, 7) is 5.02. The van der Waals surface area contributed by atoms with Crippen molar-refractivity contribution >= 4 is 17.9 Å². The lowest BCUT2D eigenvalue weighted by Gasteiger charge is -2.33. The Morgan fingerprint density at radius 3 is 2.28 bits per heavy atom. The minimum Gasteiger partial charge on any atom is -0.490 e. The van der Waals surface area contributed by atoms with Gasteiger partial charge in [-0.05, 0) is 73.8 Å². The second-order valence-corrected chi connectivity index (χ2v) is 10.5. The Morgan fingerprint density at radius 1 is 0.949 bits per heavy atom. The lowest BCUT2D eigenvalue weighted by Crippen LogP contribution is -2.41. The van der Waals surface area contributed by atoms with Crippen LogP contribution in [0.15, 0.2) is 54.6 Å². The molecule has 1 saturated carbocycles. The van der Waals surface area contributed by atoms with Gasteiger partial charge in [0.2, 0.25) is 0 Å². The van der Waals surface area contributed by atoms with E-state index in [0.29, 0.717) is 23.9 Å². The van der Waals surface area contributed by atoms with Crippen LogP contribution in [0, 0.1) is 11.8 Å². The molecule has 212 valence electrons. The van der Waals surface area contributed by atoms with Crippen molar-refractivity contribution in [3.8, 4) is 5.75 Å². The van der Waals surface area contributed by atoms with E-state index >= 15 is 0 Å². The van der Waals surface area contributed by atoms with Crippen molar-refractivity contribution in [2.24, 2.45) is 11.8 Å². The number of amides is 3. The third-order valence-corrected chi connectivity index (χ3v) is 7.46. The van der Waals surface area contributed by atoms with Gasteiger partial charge in [0.1, 0.15) is 5.75 Å². The van der Waals surface area contributed by atoms with Crippen LogP contribution in [-0.4, -0.2) is 42.2 Å². The van der Waals surface area contributed by atoms with Crippen molar-refractivity contribution in [2.75, 3.05) is 13.1 Å². The zero-order valence-electron chi connectivity index (χ0n) is 23.2. The van der Waals surface area contributed by atoms with E-state index in [0.717, 1.165) is 56.3 Å². The van der Waals surface area contributed by atoms with E-state index in [9.17, 15) is 14.4 Å². The molecule has 0 spiro atoms. The molecule has 1 fully saturated rings. The van der Waals surface area contributed by atoms with E-state index < -0.39 is 5.97 Å². The van der Waals surface area contributed by atoms with Crippen LogP contribution in [0.1, 0.15) is 87.2 Å². The monoisotopic (exact) mass is 537 g/mol. The molecule has 0 aromatic heterocycles. The Labute approximate surface area is 231 Å². The number of aliphatic carboxylic acids is 1. The average molecular weight is 538 g/mol. The number of nitrogens with one attached hydrogen (secondary N) is 3. The van der Waals surface area contributed by atoms with E-state index in [1.54, 1.807) is 12.1 Å². The molecule has 0 bridgehead atoms. The van der Waals surface area contributed by atoms with E-state index in [1.165, 1.54) is 0 Å². The van der Waals surface area contributed by atoms with Gasteiger partial charge in [0.05, 0.1) is 18.6 Å². The summed E-state index contributed by atoms with van der Waals surface area (Å²) in [5.41, 5.74) is 1.43. The first-order valence-corrected chi connectivity index (χ1v) is 14.2. The van der Waals surface area contributed by atoms with Gasteiger partial charge in [-0.2, -0.15) is 0 Å². The molecule has 2 unspecified atom stereocenters. The van der Waals surface area contributed by atoms with Gasteiger partial charge in [-0.1, -0.05) is 57.0 Å². The normalized spacial score (nSPS) is 18.4. The summed E-state index contributed by atoms with van der Waals surface area (Å²) in [4.78, 5) is 36.0. The summed E-state index contributed by atoms with van der Waals surface area (Å²) >= 11 is 0. The van der Waals surface area contributed by atoms with Gasteiger partial charge in [-0.3, -0.25) is 9.59 Å². The Morgan fingerprint density at radius 2 is 1.64 bits per heavy atom. The second-order valence-electron chi connectivity index (χ2n) is 10.5. The molecule has 1 aliphatic rings. The minimum atomic E-state index is -0.953. The lowest BCUT2D eigenvalue weighted by molar-refractivity contribution is -0.136. The maximum Gasteiger partial charge on any atom is 0.315 e. The van der Waals surface area contributed by atoms with Gasteiger partial charge >= 0.3 is 12.0 Å². The Bertz CT molecular complexity index is 1040. The quantitative estimate of drug-likeness (QED) is 0.231. The first-order chi connectivity index (χ1) is 18.9. The lowest BCUT2D eigenvalue weighted by atomic mass is 9.77. The van der Waals surface area contributed by atoms with Crippen LogP contribution in [0.3, 0.4) is 0 Å². The molecule has 0 saturated heterocycles. The van der Waals surface area contributed by atoms with Crippen molar-refractivity contribution in [3.63, 3.8) is 0 Å². The number of carbonyl (C=O) groups excluding carboxylic acids is 2. The van der Waals surface area contributed by atoms with Gasteiger partial charge in [0.25, 0.3) is 5.91 Å². The smallest absolute Gasteiger partial charge is 0.315 e. The van der Waals surface area contributed by atoms with Crippen LogP contribution < -0.4 is 20.7 Å². The summed E-state index contributed by atoms with van der Waals surface area (Å²) in [7, 11) is 0.